The first kappa shape index (κ1) is 16.8. The highest BCUT2D eigenvalue weighted by atomic mass is 19.1. The van der Waals surface area contributed by atoms with Gasteiger partial charge in [-0.2, -0.15) is 0 Å². The first-order chi connectivity index (χ1) is 11.0. The van der Waals surface area contributed by atoms with Crippen molar-refractivity contribution in [2.75, 3.05) is 18.5 Å². The summed E-state index contributed by atoms with van der Waals surface area (Å²) in [5, 5.41) is 5.32. The Morgan fingerprint density at radius 3 is 2.30 bits per heavy atom. The van der Waals surface area contributed by atoms with Crippen LogP contribution in [0.4, 0.5) is 14.9 Å². The van der Waals surface area contributed by atoms with Crippen LogP contribution in [0.2, 0.25) is 0 Å². The fraction of sp³-hybridized carbons (Fsp3) is 0.278. The van der Waals surface area contributed by atoms with E-state index in [1.807, 2.05) is 20.8 Å². The molecule has 0 radical (unpaired) electrons. The maximum Gasteiger partial charge on any atom is 0.319 e. The van der Waals surface area contributed by atoms with E-state index in [2.05, 4.69) is 22.8 Å². The topological polar surface area (TPSA) is 50.4 Å². The molecule has 2 rings (SSSR count). The molecule has 0 bridgehead atoms. The zero-order chi connectivity index (χ0) is 16.8. The lowest BCUT2D eigenvalue weighted by molar-refractivity contribution is 0.247. The Morgan fingerprint density at radius 1 is 1.09 bits per heavy atom. The van der Waals surface area contributed by atoms with Crippen molar-refractivity contribution >= 4 is 11.7 Å². The van der Waals surface area contributed by atoms with E-state index in [4.69, 9.17) is 4.74 Å². The number of nitrogens with one attached hydrogen (secondary N) is 2. The second-order valence-electron chi connectivity index (χ2n) is 5.46. The number of halogens is 1. The van der Waals surface area contributed by atoms with Crippen LogP contribution in [-0.4, -0.2) is 19.2 Å². The van der Waals surface area contributed by atoms with Gasteiger partial charge in [-0.3, -0.25) is 0 Å². The minimum atomic E-state index is -0.349. The van der Waals surface area contributed by atoms with Gasteiger partial charge in [-0.25, -0.2) is 9.18 Å². The van der Waals surface area contributed by atoms with Gasteiger partial charge in [-0.1, -0.05) is 17.7 Å². The smallest absolute Gasteiger partial charge is 0.319 e. The van der Waals surface area contributed by atoms with E-state index in [0.29, 0.717) is 18.8 Å². The first-order valence-electron chi connectivity index (χ1n) is 7.47. The predicted molar refractivity (Wildman–Crippen MR) is 89.6 cm³/mol. The van der Waals surface area contributed by atoms with Gasteiger partial charge in [-0.05, 0) is 56.2 Å². The highest BCUT2D eigenvalue weighted by Gasteiger charge is 2.06. The molecule has 0 unspecified atom stereocenters. The number of aryl methyl sites for hydroxylation is 3. The summed E-state index contributed by atoms with van der Waals surface area (Å²) in [6.07, 6.45) is 0. The number of ether oxygens (including phenoxy) is 1. The van der Waals surface area contributed by atoms with Crippen molar-refractivity contribution in [1.29, 1.82) is 0 Å². The molecule has 0 spiro atoms. The number of amides is 2. The molecule has 2 aromatic rings. The second-order valence-corrected chi connectivity index (χ2v) is 5.46. The molecule has 0 aliphatic carbocycles. The van der Waals surface area contributed by atoms with Crippen molar-refractivity contribution in [2.45, 2.75) is 20.8 Å². The monoisotopic (exact) mass is 316 g/mol. The predicted octanol–water partition coefficient (Wildman–Crippen LogP) is 3.95. The van der Waals surface area contributed by atoms with E-state index in [1.54, 1.807) is 0 Å². The van der Waals surface area contributed by atoms with Gasteiger partial charge in [0.2, 0.25) is 0 Å². The van der Waals surface area contributed by atoms with Crippen LogP contribution in [0.5, 0.6) is 5.75 Å². The number of carbonyl (C=O) groups excluding carboxylic acids is 1. The van der Waals surface area contributed by atoms with E-state index in [1.165, 1.54) is 29.8 Å². The molecule has 0 saturated heterocycles. The van der Waals surface area contributed by atoms with Crippen LogP contribution >= 0.6 is 0 Å². The summed E-state index contributed by atoms with van der Waals surface area (Å²) in [5.41, 5.74) is 3.90. The molecule has 5 heteroatoms. The average Bonchev–Trinajstić information content (AvgIpc) is 2.48. The van der Waals surface area contributed by atoms with Gasteiger partial charge in [0.15, 0.2) is 0 Å². The lowest BCUT2D eigenvalue weighted by Crippen LogP contribution is -2.32. The minimum Gasteiger partial charge on any atom is -0.491 e. The van der Waals surface area contributed by atoms with Crippen molar-refractivity contribution in [3.63, 3.8) is 0 Å². The van der Waals surface area contributed by atoms with Crippen LogP contribution in [0.15, 0.2) is 36.4 Å². The summed E-state index contributed by atoms with van der Waals surface area (Å²) < 4.78 is 18.5. The van der Waals surface area contributed by atoms with E-state index in [-0.39, 0.29) is 11.8 Å². The van der Waals surface area contributed by atoms with Gasteiger partial charge in [-0.15, -0.1) is 0 Å². The highest BCUT2D eigenvalue weighted by Crippen LogP contribution is 2.24. The largest absolute Gasteiger partial charge is 0.491 e. The highest BCUT2D eigenvalue weighted by molar-refractivity contribution is 5.89. The molecular formula is C18H21FN2O2. The second kappa shape index (κ2) is 7.63. The third-order valence-corrected chi connectivity index (χ3v) is 3.34. The Bertz CT molecular complexity index is 661. The molecular weight excluding hydrogens is 295 g/mol. The van der Waals surface area contributed by atoms with Crippen molar-refractivity contribution in [2.24, 2.45) is 0 Å². The average molecular weight is 316 g/mol. The van der Waals surface area contributed by atoms with Crippen LogP contribution in [0.3, 0.4) is 0 Å². The molecule has 23 heavy (non-hydrogen) atoms. The Kier molecular flexibility index (Phi) is 5.57. The number of carbonyl (C=O) groups is 1. The van der Waals surface area contributed by atoms with Gasteiger partial charge >= 0.3 is 6.03 Å². The van der Waals surface area contributed by atoms with E-state index in [0.717, 1.165) is 16.9 Å². The molecule has 0 aromatic heterocycles. The number of rotatable bonds is 5. The number of anilines is 1. The normalized spacial score (nSPS) is 10.3. The Labute approximate surface area is 135 Å². The number of urea groups is 1. The Balaban J connectivity index is 1.77. The minimum absolute atomic E-state index is 0.340. The number of benzene rings is 2. The zero-order valence-electron chi connectivity index (χ0n) is 13.6. The van der Waals surface area contributed by atoms with Gasteiger partial charge < -0.3 is 15.4 Å². The quantitative estimate of drug-likeness (QED) is 0.821. The van der Waals surface area contributed by atoms with Crippen LogP contribution < -0.4 is 15.4 Å². The van der Waals surface area contributed by atoms with Gasteiger partial charge in [0.25, 0.3) is 0 Å². The van der Waals surface area contributed by atoms with E-state index in [9.17, 15) is 9.18 Å². The summed E-state index contributed by atoms with van der Waals surface area (Å²) in [7, 11) is 0. The first-order valence-corrected chi connectivity index (χ1v) is 7.47. The van der Waals surface area contributed by atoms with Crippen LogP contribution in [-0.2, 0) is 0 Å². The fourth-order valence-corrected chi connectivity index (χ4v) is 2.42. The molecule has 2 N–H and O–H groups in total. The van der Waals surface area contributed by atoms with Crippen molar-refractivity contribution in [3.05, 3.63) is 58.9 Å². The standard InChI is InChI=1S/C18H21FN2O2/c1-12-10-13(2)17(14(3)11-12)23-9-8-20-18(22)21-16-6-4-15(19)5-7-16/h4-7,10-11H,8-9H2,1-3H3,(H2,20,21,22). The third kappa shape index (κ3) is 4.98. The summed E-state index contributed by atoms with van der Waals surface area (Å²) in [6, 6.07) is 9.38. The SMILES string of the molecule is Cc1cc(C)c(OCCNC(=O)Nc2ccc(F)cc2)c(C)c1. The number of hydrogen-bond acceptors (Lipinski definition) is 2. The van der Waals surface area contributed by atoms with Crippen LogP contribution in [0.1, 0.15) is 16.7 Å². The third-order valence-electron chi connectivity index (χ3n) is 3.34. The molecule has 0 atom stereocenters. The molecule has 4 nitrogen and oxygen atoms in total. The molecule has 122 valence electrons. The summed E-state index contributed by atoms with van der Waals surface area (Å²) in [5.74, 6) is 0.518. The van der Waals surface area contributed by atoms with Crippen LogP contribution in [0.25, 0.3) is 0 Å². The van der Waals surface area contributed by atoms with Gasteiger partial charge in [0.1, 0.15) is 18.2 Å². The zero-order valence-corrected chi connectivity index (χ0v) is 13.6. The molecule has 0 saturated carbocycles. The summed E-state index contributed by atoms with van der Waals surface area (Å²) in [4.78, 5) is 11.7. The Hall–Kier alpha value is -2.56. The lowest BCUT2D eigenvalue weighted by Gasteiger charge is -2.13. The summed E-state index contributed by atoms with van der Waals surface area (Å²) >= 11 is 0. The van der Waals surface area contributed by atoms with E-state index >= 15 is 0 Å². The van der Waals surface area contributed by atoms with E-state index < -0.39 is 0 Å². The maximum atomic E-state index is 12.8. The van der Waals surface area contributed by atoms with Gasteiger partial charge in [0, 0.05) is 5.69 Å². The molecule has 2 amide bonds. The maximum absolute atomic E-state index is 12.8. The van der Waals surface area contributed by atoms with Crippen molar-refractivity contribution < 1.29 is 13.9 Å². The molecule has 0 heterocycles. The molecule has 0 fully saturated rings. The summed E-state index contributed by atoms with van der Waals surface area (Å²) in [6.45, 7) is 6.81. The lowest BCUT2D eigenvalue weighted by atomic mass is 10.1. The van der Waals surface area contributed by atoms with Crippen molar-refractivity contribution in [3.8, 4) is 5.75 Å². The Morgan fingerprint density at radius 2 is 1.70 bits per heavy atom. The van der Waals surface area contributed by atoms with Gasteiger partial charge in [0.05, 0.1) is 6.54 Å². The molecule has 0 aliphatic heterocycles. The molecule has 0 aliphatic rings. The van der Waals surface area contributed by atoms with Crippen molar-refractivity contribution in [1.82, 2.24) is 5.32 Å². The number of hydrogen-bond donors (Lipinski definition) is 2. The van der Waals surface area contributed by atoms with Crippen LogP contribution in [0, 0.1) is 26.6 Å². The molecule has 2 aromatic carbocycles. The fourth-order valence-electron chi connectivity index (χ4n) is 2.42.